The molecule has 1 aliphatic carbocycles. The van der Waals surface area contributed by atoms with E-state index in [4.69, 9.17) is 10.5 Å². The Labute approximate surface area is 204 Å². The van der Waals surface area contributed by atoms with Gasteiger partial charge < -0.3 is 26.0 Å². The maximum atomic E-state index is 12.6. The van der Waals surface area contributed by atoms with Crippen molar-refractivity contribution in [3.8, 4) is 0 Å². The van der Waals surface area contributed by atoms with Crippen molar-refractivity contribution in [2.75, 3.05) is 23.7 Å². The molecule has 0 bridgehead atoms. The SMILES string of the molecule is Cc1cccc(Nc2nc(NCCCN(C(=O)OCc3ccccc3)C3CC3)ncc2C(N)=O)c1. The van der Waals surface area contributed by atoms with Crippen LogP contribution >= 0.6 is 0 Å². The second kappa shape index (κ2) is 11.3. The number of benzene rings is 2. The number of carbonyl (C=O) groups excluding carboxylic acids is 2. The van der Waals surface area contributed by atoms with E-state index in [1.165, 1.54) is 6.20 Å². The summed E-state index contributed by atoms with van der Waals surface area (Å²) in [7, 11) is 0. The molecule has 1 fully saturated rings. The molecule has 0 radical (unpaired) electrons. The standard InChI is InChI=1S/C26H30N6O3/c1-18-7-5-10-20(15-18)30-24-22(23(27)33)16-29-25(31-24)28-13-6-14-32(21-11-12-21)26(34)35-17-19-8-3-2-4-9-19/h2-5,7-10,15-16,21H,6,11-14,17H2,1H3,(H2,27,33)(H2,28,29,30,31). The van der Waals surface area contributed by atoms with Gasteiger partial charge in [-0.15, -0.1) is 0 Å². The number of carbonyl (C=O) groups is 2. The molecule has 0 unspecified atom stereocenters. The van der Waals surface area contributed by atoms with E-state index in [-0.39, 0.29) is 24.3 Å². The number of rotatable bonds is 11. The Balaban J connectivity index is 1.31. The Hall–Kier alpha value is -4.14. The summed E-state index contributed by atoms with van der Waals surface area (Å²) < 4.78 is 5.51. The zero-order valence-corrected chi connectivity index (χ0v) is 19.7. The first-order valence-electron chi connectivity index (χ1n) is 11.7. The number of nitrogens with two attached hydrogens (primary N) is 1. The minimum Gasteiger partial charge on any atom is -0.445 e. The number of primary amides is 1. The second-order valence-electron chi connectivity index (χ2n) is 8.56. The number of hydrogen-bond donors (Lipinski definition) is 3. The molecule has 2 aromatic carbocycles. The first-order chi connectivity index (χ1) is 17.0. The Morgan fingerprint density at radius 1 is 1.14 bits per heavy atom. The van der Waals surface area contributed by atoms with E-state index >= 15 is 0 Å². The maximum Gasteiger partial charge on any atom is 0.410 e. The van der Waals surface area contributed by atoms with Crippen LogP contribution in [0.3, 0.4) is 0 Å². The summed E-state index contributed by atoms with van der Waals surface area (Å²) in [5.74, 6) is 0.0975. The highest BCUT2D eigenvalue weighted by Crippen LogP contribution is 2.28. The summed E-state index contributed by atoms with van der Waals surface area (Å²) in [6, 6.07) is 17.6. The molecule has 4 rings (SSSR count). The Bertz CT molecular complexity index is 1170. The van der Waals surface area contributed by atoms with Gasteiger partial charge in [0.05, 0.1) is 0 Å². The van der Waals surface area contributed by atoms with Gasteiger partial charge in [-0.2, -0.15) is 4.98 Å². The van der Waals surface area contributed by atoms with Gasteiger partial charge in [-0.05, 0) is 49.4 Å². The van der Waals surface area contributed by atoms with Crippen molar-refractivity contribution in [1.29, 1.82) is 0 Å². The topological polar surface area (TPSA) is 122 Å². The molecule has 4 N–H and O–H groups in total. The Morgan fingerprint density at radius 3 is 2.66 bits per heavy atom. The van der Waals surface area contributed by atoms with E-state index in [9.17, 15) is 9.59 Å². The molecule has 0 atom stereocenters. The van der Waals surface area contributed by atoms with Crippen molar-refractivity contribution in [2.45, 2.75) is 38.8 Å². The molecule has 182 valence electrons. The summed E-state index contributed by atoms with van der Waals surface area (Å²) in [6.07, 6.45) is 3.81. The van der Waals surface area contributed by atoms with Crippen molar-refractivity contribution >= 4 is 29.5 Å². The van der Waals surface area contributed by atoms with Crippen LogP contribution in [0.5, 0.6) is 0 Å². The smallest absolute Gasteiger partial charge is 0.410 e. The van der Waals surface area contributed by atoms with Crippen molar-refractivity contribution in [2.24, 2.45) is 5.73 Å². The fourth-order valence-corrected chi connectivity index (χ4v) is 3.66. The average Bonchev–Trinajstić information content (AvgIpc) is 3.68. The minimum absolute atomic E-state index is 0.207. The zero-order chi connectivity index (χ0) is 24.6. The van der Waals surface area contributed by atoms with Crippen molar-refractivity contribution in [3.63, 3.8) is 0 Å². The molecular weight excluding hydrogens is 444 g/mol. The van der Waals surface area contributed by atoms with Gasteiger partial charge in [0.1, 0.15) is 18.0 Å². The molecule has 1 aliphatic rings. The van der Waals surface area contributed by atoms with Crippen LogP contribution in [0.1, 0.15) is 40.7 Å². The number of ether oxygens (including phenoxy) is 1. The van der Waals surface area contributed by atoms with Crippen molar-refractivity contribution in [1.82, 2.24) is 14.9 Å². The number of aryl methyl sites for hydroxylation is 1. The van der Waals surface area contributed by atoms with Gasteiger partial charge in [-0.1, -0.05) is 42.5 Å². The van der Waals surface area contributed by atoms with Gasteiger partial charge in [0.2, 0.25) is 5.95 Å². The lowest BCUT2D eigenvalue weighted by Gasteiger charge is -2.22. The lowest BCUT2D eigenvalue weighted by atomic mass is 10.2. The molecule has 2 amide bonds. The van der Waals surface area contributed by atoms with Gasteiger partial charge in [-0.25, -0.2) is 9.78 Å². The van der Waals surface area contributed by atoms with Gasteiger partial charge in [0.25, 0.3) is 5.91 Å². The summed E-state index contributed by atoms with van der Waals surface area (Å²) in [5, 5.41) is 6.31. The average molecular weight is 475 g/mol. The van der Waals surface area contributed by atoms with E-state index in [0.717, 1.165) is 29.7 Å². The third-order valence-electron chi connectivity index (χ3n) is 5.62. The van der Waals surface area contributed by atoms with E-state index in [0.29, 0.717) is 31.3 Å². The summed E-state index contributed by atoms with van der Waals surface area (Å²) in [6.45, 7) is 3.36. The predicted octanol–water partition coefficient (Wildman–Crippen LogP) is 4.23. The molecule has 0 aliphatic heterocycles. The fourth-order valence-electron chi connectivity index (χ4n) is 3.66. The predicted molar refractivity (Wildman–Crippen MR) is 134 cm³/mol. The quantitative estimate of drug-likeness (QED) is 0.355. The molecule has 0 saturated heterocycles. The zero-order valence-electron chi connectivity index (χ0n) is 19.7. The van der Waals surface area contributed by atoms with Gasteiger partial charge in [0.15, 0.2) is 0 Å². The highest BCUT2D eigenvalue weighted by Gasteiger charge is 2.33. The van der Waals surface area contributed by atoms with Crippen LogP contribution in [0.4, 0.5) is 22.2 Å². The maximum absolute atomic E-state index is 12.6. The van der Waals surface area contributed by atoms with E-state index in [2.05, 4.69) is 20.6 Å². The first-order valence-corrected chi connectivity index (χ1v) is 11.7. The van der Waals surface area contributed by atoms with Crippen molar-refractivity contribution < 1.29 is 14.3 Å². The van der Waals surface area contributed by atoms with Crippen LogP contribution in [0.25, 0.3) is 0 Å². The molecule has 1 saturated carbocycles. The molecule has 9 nitrogen and oxygen atoms in total. The number of hydrogen-bond acceptors (Lipinski definition) is 7. The van der Waals surface area contributed by atoms with Crippen LogP contribution in [-0.2, 0) is 11.3 Å². The van der Waals surface area contributed by atoms with Crippen LogP contribution in [0, 0.1) is 6.92 Å². The summed E-state index contributed by atoms with van der Waals surface area (Å²) in [4.78, 5) is 34.9. The number of nitrogens with zero attached hydrogens (tertiary/aromatic N) is 3. The van der Waals surface area contributed by atoms with E-state index in [1.807, 2.05) is 61.5 Å². The van der Waals surface area contributed by atoms with Gasteiger partial charge in [0, 0.05) is 31.0 Å². The van der Waals surface area contributed by atoms with E-state index < -0.39 is 5.91 Å². The highest BCUT2D eigenvalue weighted by molar-refractivity contribution is 5.98. The largest absolute Gasteiger partial charge is 0.445 e. The van der Waals surface area contributed by atoms with Crippen LogP contribution < -0.4 is 16.4 Å². The normalized spacial score (nSPS) is 12.6. The van der Waals surface area contributed by atoms with E-state index in [1.54, 1.807) is 4.90 Å². The minimum atomic E-state index is -0.610. The van der Waals surface area contributed by atoms with Crippen LogP contribution in [0.15, 0.2) is 60.8 Å². The number of nitrogens with one attached hydrogen (secondary N) is 2. The summed E-state index contributed by atoms with van der Waals surface area (Å²) >= 11 is 0. The Kier molecular flexibility index (Phi) is 7.77. The van der Waals surface area contributed by atoms with Crippen LogP contribution in [0.2, 0.25) is 0 Å². The number of amides is 2. The Morgan fingerprint density at radius 2 is 1.94 bits per heavy atom. The molecule has 35 heavy (non-hydrogen) atoms. The van der Waals surface area contributed by atoms with Crippen molar-refractivity contribution in [3.05, 3.63) is 77.5 Å². The monoisotopic (exact) mass is 474 g/mol. The molecule has 1 aromatic heterocycles. The molecule has 0 spiro atoms. The lowest BCUT2D eigenvalue weighted by molar-refractivity contribution is 0.0933. The fraction of sp³-hybridized carbons (Fsp3) is 0.308. The first kappa shape index (κ1) is 24.0. The second-order valence-corrected chi connectivity index (χ2v) is 8.56. The summed E-state index contributed by atoms with van der Waals surface area (Å²) in [5.41, 5.74) is 8.54. The highest BCUT2D eigenvalue weighted by atomic mass is 16.6. The number of anilines is 3. The third-order valence-corrected chi connectivity index (χ3v) is 5.62. The number of aromatic nitrogens is 2. The van der Waals surface area contributed by atoms with Gasteiger partial charge >= 0.3 is 6.09 Å². The molecule has 9 heteroatoms. The van der Waals surface area contributed by atoms with Gasteiger partial charge in [-0.3, -0.25) is 4.79 Å². The third kappa shape index (κ3) is 6.92. The molecule has 3 aromatic rings. The molecule has 1 heterocycles. The lowest BCUT2D eigenvalue weighted by Crippen LogP contribution is -2.35. The molecular formula is C26H30N6O3. The van der Waals surface area contributed by atoms with Crippen LogP contribution in [-0.4, -0.2) is 46.0 Å².